The van der Waals surface area contributed by atoms with Crippen LogP contribution in [0.15, 0.2) is 18.7 Å². The van der Waals surface area contributed by atoms with Gasteiger partial charge in [-0.1, -0.05) is 6.58 Å². The van der Waals surface area contributed by atoms with Crippen LogP contribution in [0.25, 0.3) is 16.5 Å². The first kappa shape index (κ1) is 9.71. The summed E-state index contributed by atoms with van der Waals surface area (Å²) in [6, 6.07) is 4.58. The molecule has 1 nitrogen and oxygen atoms in total. The normalized spacial score (nSPS) is 14.8. The van der Waals surface area contributed by atoms with Crippen molar-refractivity contribution in [1.29, 1.82) is 0 Å². The van der Waals surface area contributed by atoms with Gasteiger partial charge in [0.05, 0.1) is 5.52 Å². The van der Waals surface area contributed by atoms with Crippen molar-refractivity contribution in [3.8, 4) is 0 Å². The maximum absolute atomic E-state index is 4.20. The van der Waals surface area contributed by atoms with E-state index in [2.05, 4.69) is 44.0 Å². The van der Waals surface area contributed by atoms with Crippen molar-refractivity contribution in [3.63, 3.8) is 0 Å². The van der Waals surface area contributed by atoms with Gasteiger partial charge in [-0.2, -0.15) is 0 Å². The van der Waals surface area contributed by atoms with Gasteiger partial charge in [-0.15, -0.1) is 0 Å². The van der Waals surface area contributed by atoms with Crippen molar-refractivity contribution in [2.75, 3.05) is 0 Å². The number of hydrogen-bond donors (Lipinski definition) is 0. The Morgan fingerprint density at radius 1 is 1.19 bits per heavy atom. The molecule has 1 aliphatic rings. The second-order valence-corrected chi connectivity index (χ2v) is 4.92. The quantitative estimate of drug-likeness (QED) is 0.621. The zero-order valence-corrected chi connectivity index (χ0v) is 10.2. The Morgan fingerprint density at radius 2 is 1.94 bits per heavy atom. The predicted octanol–water partition coefficient (Wildman–Crippen LogP) is 3.98. The van der Waals surface area contributed by atoms with E-state index in [1.807, 2.05) is 0 Å². The fourth-order valence-electron chi connectivity index (χ4n) is 2.85. The zero-order valence-electron chi connectivity index (χ0n) is 10.2. The minimum Gasteiger partial charge on any atom is -0.344 e. The van der Waals surface area contributed by atoms with Gasteiger partial charge in [0.25, 0.3) is 0 Å². The largest absolute Gasteiger partial charge is 0.344 e. The minimum atomic E-state index is 1.08. The number of rotatable bonds is 0. The highest BCUT2D eigenvalue weighted by Gasteiger charge is 2.19. The first-order chi connectivity index (χ1) is 7.59. The highest BCUT2D eigenvalue weighted by Crippen LogP contribution is 2.37. The fraction of sp³-hybridized carbons (Fsp3) is 0.333. The molecule has 0 fully saturated rings. The Kier molecular flexibility index (Phi) is 1.82. The average Bonchev–Trinajstić information content (AvgIpc) is 2.49. The molecule has 2 heterocycles. The summed E-state index contributed by atoms with van der Waals surface area (Å²) in [7, 11) is 0. The molecule has 0 unspecified atom stereocenters. The number of aryl methyl sites for hydroxylation is 3. The topological polar surface area (TPSA) is 4.93 Å². The van der Waals surface area contributed by atoms with Gasteiger partial charge in [-0.25, -0.2) is 0 Å². The van der Waals surface area contributed by atoms with E-state index < -0.39 is 0 Å². The Balaban J connectivity index is 2.57. The van der Waals surface area contributed by atoms with Crippen molar-refractivity contribution in [2.45, 2.75) is 33.7 Å². The molecule has 16 heavy (non-hydrogen) atoms. The SMILES string of the molecule is C=C1CCn2c(C)c(C)c3cc(C)cc1c32. The zero-order chi connectivity index (χ0) is 11.4. The van der Waals surface area contributed by atoms with Gasteiger partial charge in [0.2, 0.25) is 0 Å². The number of allylic oxidation sites excluding steroid dienone is 1. The van der Waals surface area contributed by atoms with Crippen LogP contribution in [0.1, 0.15) is 28.8 Å². The molecule has 1 aromatic heterocycles. The molecule has 0 N–H and O–H groups in total. The highest BCUT2D eigenvalue weighted by atomic mass is 15.0. The second kappa shape index (κ2) is 3.00. The van der Waals surface area contributed by atoms with E-state index in [4.69, 9.17) is 0 Å². The van der Waals surface area contributed by atoms with Crippen LogP contribution in [0.5, 0.6) is 0 Å². The molecule has 1 aromatic carbocycles. The van der Waals surface area contributed by atoms with Crippen molar-refractivity contribution >= 4 is 16.5 Å². The third kappa shape index (κ3) is 1.06. The lowest BCUT2D eigenvalue weighted by Crippen LogP contribution is -2.07. The molecule has 0 aliphatic carbocycles. The molecule has 3 rings (SSSR count). The first-order valence-corrected chi connectivity index (χ1v) is 5.88. The second-order valence-electron chi connectivity index (χ2n) is 4.92. The molecule has 0 spiro atoms. The third-order valence-electron chi connectivity index (χ3n) is 3.89. The van der Waals surface area contributed by atoms with Crippen molar-refractivity contribution in [3.05, 3.63) is 41.1 Å². The molecule has 0 radical (unpaired) electrons. The van der Waals surface area contributed by atoms with Crippen molar-refractivity contribution in [1.82, 2.24) is 4.57 Å². The Morgan fingerprint density at radius 3 is 2.69 bits per heavy atom. The Labute approximate surface area is 96.4 Å². The van der Waals surface area contributed by atoms with Gasteiger partial charge in [-0.3, -0.25) is 0 Å². The van der Waals surface area contributed by atoms with Crippen molar-refractivity contribution in [2.24, 2.45) is 0 Å². The Bertz CT molecular complexity index is 614. The van der Waals surface area contributed by atoms with Gasteiger partial charge >= 0.3 is 0 Å². The molecule has 0 saturated heterocycles. The fourth-order valence-corrected chi connectivity index (χ4v) is 2.85. The smallest absolute Gasteiger partial charge is 0.0561 e. The van der Waals surface area contributed by atoms with Gasteiger partial charge in [0.15, 0.2) is 0 Å². The summed E-state index contributed by atoms with van der Waals surface area (Å²) in [4.78, 5) is 0. The maximum Gasteiger partial charge on any atom is 0.0561 e. The molecule has 1 heteroatoms. The molecule has 0 amide bonds. The summed E-state index contributed by atoms with van der Waals surface area (Å²) in [5, 5.41) is 1.41. The average molecular weight is 211 g/mol. The van der Waals surface area contributed by atoms with Gasteiger partial charge in [-0.05, 0) is 56.0 Å². The van der Waals surface area contributed by atoms with Crippen LogP contribution in [0.2, 0.25) is 0 Å². The lowest BCUT2D eigenvalue weighted by Gasteiger charge is -2.19. The van der Waals surface area contributed by atoms with Crippen LogP contribution in [-0.2, 0) is 6.54 Å². The molecule has 0 saturated carbocycles. The van der Waals surface area contributed by atoms with Crippen LogP contribution in [0, 0.1) is 20.8 Å². The summed E-state index contributed by atoms with van der Waals surface area (Å²) >= 11 is 0. The molecular weight excluding hydrogens is 194 g/mol. The van der Waals surface area contributed by atoms with E-state index in [0.717, 1.165) is 13.0 Å². The molecule has 0 atom stereocenters. The number of benzene rings is 1. The van der Waals surface area contributed by atoms with E-state index in [1.54, 1.807) is 0 Å². The van der Waals surface area contributed by atoms with Gasteiger partial charge < -0.3 is 4.57 Å². The number of nitrogens with zero attached hydrogens (tertiary/aromatic N) is 1. The van der Waals surface area contributed by atoms with E-state index in [-0.39, 0.29) is 0 Å². The van der Waals surface area contributed by atoms with E-state index >= 15 is 0 Å². The Hall–Kier alpha value is -1.50. The van der Waals surface area contributed by atoms with Crippen LogP contribution >= 0.6 is 0 Å². The highest BCUT2D eigenvalue weighted by molar-refractivity contribution is 5.96. The van der Waals surface area contributed by atoms with Crippen LogP contribution < -0.4 is 0 Å². The number of hydrogen-bond acceptors (Lipinski definition) is 0. The summed E-state index contributed by atoms with van der Waals surface area (Å²) in [6.07, 6.45) is 1.08. The summed E-state index contributed by atoms with van der Waals surface area (Å²) in [5.41, 5.74) is 8.22. The van der Waals surface area contributed by atoms with E-state index in [1.165, 1.54) is 38.9 Å². The summed E-state index contributed by atoms with van der Waals surface area (Å²) in [6.45, 7) is 11.9. The first-order valence-electron chi connectivity index (χ1n) is 5.88. The molecule has 0 bridgehead atoms. The van der Waals surface area contributed by atoms with E-state index in [0.29, 0.717) is 0 Å². The monoisotopic (exact) mass is 211 g/mol. The van der Waals surface area contributed by atoms with Crippen LogP contribution in [0.3, 0.4) is 0 Å². The third-order valence-corrected chi connectivity index (χ3v) is 3.89. The molecular formula is C15H17N. The molecule has 82 valence electrons. The standard InChI is InChI=1S/C15H17N/c1-9-7-13-10(2)5-6-16-12(4)11(3)14(8-9)15(13)16/h7-8H,2,5-6H2,1,3-4H3. The maximum atomic E-state index is 4.20. The predicted molar refractivity (Wildman–Crippen MR) is 69.8 cm³/mol. The molecule has 1 aliphatic heterocycles. The summed E-state index contributed by atoms with van der Waals surface area (Å²) < 4.78 is 2.45. The van der Waals surface area contributed by atoms with Crippen LogP contribution in [-0.4, -0.2) is 4.57 Å². The van der Waals surface area contributed by atoms with Crippen LogP contribution in [0.4, 0.5) is 0 Å². The number of aromatic nitrogens is 1. The molecule has 2 aromatic rings. The lowest BCUT2D eigenvalue weighted by molar-refractivity contribution is 0.709. The van der Waals surface area contributed by atoms with E-state index in [9.17, 15) is 0 Å². The van der Waals surface area contributed by atoms with Gasteiger partial charge in [0.1, 0.15) is 0 Å². The van der Waals surface area contributed by atoms with Crippen molar-refractivity contribution < 1.29 is 0 Å². The minimum absolute atomic E-state index is 1.08. The summed E-state index contributed by atoms with van der Waals surface area (Å²) in [5.74, 6) is 0. The lowest BCUT2D eigenvalue weighted by atomic mass is 9.96. The van der Waals surface area contributed by atoms with Gasteiger partial charge in [0, 0.05) is 23.2 Å².